The van der Waals surface area contributed by atoms with Crippen LogP contribution >= 0.6 is 0 Å². The van der Waals surface area contributed by atoms with E-state index in [1.807, 2.05) is 0 Å². The summed E-state index contributed by atoms with van der Waals surface area (Å²) in [6, 6.07) is 0. The van der Waals surface area contributed by atoms with Crippen LogP contribution in [0.1, 0.15) is 20.8 Å². The quantitative estimate of drug-likeness (QED) is 0.508. The first-order valence-corrected chi connectivity index (χ1v) is 6.17. The van der Waals surface area contributed by atoms with Gasteiger partial charge >= 0.3 is 17.9 Å². The molecule has 2 aliphatic rings. The predicted octanol–water partition coefficient (Wildman–Crippen LogP) is -0.463. The highest BCUT2D eigenvalue weighted by atomic mass is 16.8. The van der Waals surface area contributed by atoms with Crippen LogP contribution in [0.15, 0.2) is 0 Å². The first kappa shape index (κ1) is 14.7. The number of hydrogen-bond donors (Lipinski definition) is 0. The topological polar surface area (TPSA) is 97.4 Å². The van der Waals surface area contributed by atoms with Crippen molar-refractivity contribution in [3.8, 4) is 0 Å². The molecule has 5 atom stereocenters. The summed E-state index contributed by atoms with van der Waals surface area (Å²) >= 11 is 0. The molecule has 2 fully saturated rings. The van der Waals surface area contributed by atoms with Crippen molar-refractivity contribution in [2.45, 2.75) is 51.5 Å². The fourth-order valence-corrected chi connectivity index (χ4v) is 2.31. The molecule has 0 radical (unpaired) electrons. The summed E-state index contributed by atoms with van der Waals surface area (Å²) in [6.07, 6.45) is -4.19. The molecule has 2 saturated heterocycles. The van der Waals surface area contributed by atoms with E-state index in [1.165, 1.54) is 20.8 Å². The smallest absolute Gasteiger partial charge is 0.303 e. The summed E-state index contributed by atoms with van der Waals surface area (Å²) in [7, 11) is 0. The molecule has 0 unspecified atom stereocenters. The molecule has 0 aromatic carbocycles. The Hall–Kier alpha value is -1.67. The largest absolute Gasteiger partial charge is 0.456 e. The van der Waals surface area contributed by atoms with Gasteiger partial charge in [0.1, 0.15) is 6.10 Å². The maximum absolute atomic E-state index is 11.2. The molecule has 8 heteroatoms. The Labute approximate surface area is 115 Å². The highest BCUT2D eigenvalue weighted by Gasteiger charge is 2.55. The molecule has 2 heterocycles. The van der Waals surface area contributed by atoms with Gasteiger partial charge in [0.05, 0.1) is 6.61 Å². The highest BCUT2D eigenvalue weighted by molar-refractivity contribution is 5.68. The third-order valence-electron chi connectivity index (χ3n) is 2.92. The second-order valence-electron chi connectivity index (χ2n) is 4.60. The van der Waals surface area contributed by atoms with E-state index >= 15 is 0 Å². The molecule has 20 heavy (non-hydrogen) atoms. The van der Waals surface area contributed by atoms with Crippen LogP contribution in [0.2, 0.25) is 0 Å². The summed E-state index contributed by atoms with van der Waals surface area (Å²) in [5.41, 5.74) is 0. The van der Waals surface area contributed by atoms with Crippen molar-refractivity contribution in [2.24, 2.45) is 0 Å². The molecule has 0 amide bonds. The van der Waals surface area contributed by atoms with Crippen molar-refractivity contribution >= 4 is 17.9 Å². The van der Waals surface area contributed by atoms with Gasteiger partial charge < -0.3 is 23.7 Å². The van der Waals surface area contributed by atoms with Gasteiger partial charge in [0.2, 0.25) is 0 Å². The summed E-state index contributed by atoms with van der Waals surface area (Å²) in [5, 5.41) is 0. The molecule has 0 aromatic heterocycles. The first-order chi connectivity index (χ1) is 9.38. The molecule has 0 spiro atoms. The Morgan fingerprint density at radius 3 is 1.90 bits per heavy atom. The molecule has 0 aromatic rings. The van der Waals surface area contributed by atoms with Gasteiger partial charge in [-0.1, -0.05) is 0 Å². The van der Waals surface area contributed by atoms with E-state index in [0.717, 1.165) is 0 Å². The van der Waals surface area contributed by atoms with Gasteiger partial charge in [-0.3, -0.25) is 14.4 Å². The van der Waals surface area contributed by atoms with Crippen LogP contribution in [0.4, 0.5) is 0 Å². The van der Waals surface area contributed by atoms with Crippen molar-refractivity contribution in [2.75, 3.05) is 6.61 Å². The molecule has 112 valence electrons. The number of rotatable bonds is 3. The Balaban J connectivity index is 2.24. The molecule has 0 N–H and O–H groups in total. The lowest BCUT2D eigenvalue weighted by Gasteiger charge is -2.38. The van der Waals surface area contributed by atoms with Crippen molar-refractivity contribution in [1.82, 2.24) is 0 Å². The van der Waals surface area contributed by atoms with E-state index < -0.39 is 48.6 Å². The molecular weight excluding hydrogens is 272 g/mol. The minimum atomic E-state index is -0.973. The average molecular weight is 288 g/mol. The second kappa shape index (κ2) is 5.76. The zero-order chi connectivity index (χ0) is 14.9. The molecule has 0 saturated carbocycles. The summed E-state index contributed by atoms with van der Waals surface area (Å²) in [5.74, 6) is -1.71. The number of hydrogen-bond acceptors (Lipinski definition) is 8. The number of fused-ring (bicyclic) bond motifs is 2. The molecule has 2 aliphatic heterocycles. The second-order valence-corrected chi connectivity index (χ2v) is 4.60. The van der Waals surface area contributed by atoms with Gasteiger partial charge in [-0.05, 0) is 0 Å². The summed E-state index contributed by atoms with van der Waals surface area (Å²) in [4.78, 5) is 33.6. The third-order valence-corrected chi connectivity index (χ3v) is 2.92. The fourth-order valence-electron chi connectivity index (χ4n) is 2.31. The van der Waals surface area contributed by atoms with Crippen LogP contribution < -0.4 is 0 Å². The summed E-state index contributed by atoms with van der Waals surface area (Å²) < 4.78 is 26.2. The van der Waals surface area contributed by atoms with Crippen LogP contribution in [-0.2, 0) is 38.1 Å². The van der Waals surface area contributed by atoms with Gasteiger partial charge in [0, 0.05) is 20.8 Å². The van der Waals surface area contributed by atoms with E-state index in [2.05, 4.69) is 0 Å². The third kappa shape index (κ3) is 3.07. The Kier molecular flexibility index (Phi) is 4.24. The number of carbonyl (C=O) groups excluding carboxylic acids is 3. The van der Waals surface area contributed by atoms with E-state index in [9.17, 15) is 14.4 Å². The summed E-state index contributed by atoms with van der Waals surface area (Å²) in [6.45, 7) is 3.83. The molecule has 0 aliphatic carbocycles. The zero-order valence-corrected chi connectivity index (χ0v) is 11.4. The minimum Gasteiger partial charge on any atom is -0.456 e. The minimum absolute atomic E-state index is 0.165. The lowest BCUT2D eigenvalue weighted by Crippen LogP contribution is -2.58. The van der Waals surface area contributed by atoms with Crippen molar-refractivity contribution in [3.63, 3.8) is 0 Å². The van der Waals surface area contributed by atoms with Crippen LogP contribution in [0, 0.1) is 0 Å². The lowest BCUT2D eigenvalue weighted by molar-refractivity contribution is -0.250. The monoisotopic (exact) mass is 288 g/mol. The van der Waals surface area contributed by atoms with Gasteiger partial charge in [0.15, 0.2) is 24.6 Å². The first-order valence-electron chi connectivity index (χ1n) is 6.17. The van der Waals surface area contributed by atoms with E-state index in [-0.39, 0.29) is 6.61 Å². The van der Waals surface area contributed by atoms with Crippen molar-refractivity contribution in [1.29, 1.82) is 0 Å². The molecule has 8 nitrogen and oxygen atoms in total. The maximum atomic E-state index is 11.2. The van der Waals surface area contributed by atoms with Crippen LogP contribution in [0.5, 0.6) is 0 Å². The van der Waals surface area contributed by atoms with Crippen molar-refractivity contribution < 1.29 is 38.1 Å². The van der Waals surface area contributed by atoms with E-state index in [0.29, 0.717) is 0 Å². The number of carbonyl (C=O) groups is 3. The standard InChI is InChI=1S/C12H16O8/c1-5(13)17-9-8-4-16-12(20-8)11(19-7(3)15)10(9)18-6(2)14/h8-12H,4H2,1-3H3/t8-,9+,10-,11-,12+/m1/s1. The Bertz CT molecular complexity index is 390. The Morgan fingerprint density at radius 2 is 1.35 bits per heavy atom. The van der Waals surface area contributed by atoms with E-state index in [1.54, 1.807) is 0 Å². The van der Waals surface area contributed by atoms with E-state index in [4.69, 9.17) is 23.7 Å². The van der Waals surface area contributed by atoms with Gasteiger partial charge in [-0.25, -0.2) is 0 Å². The maximum Gasteiger partial charge on any atom is 0.303 e. The molecule has 2 rings (SSSR count). The zero-order valence-electron chi connectivity index (χ0n) is 11.4. The lowest BCUT2D eigenvalue weighted by atomic mass is 10.00. The number of ether oxygens (including phenoxy) is 5. The van der Waals surface area contributed by atoms with Crippen LogP contribution in [-0.4, -0.2) is 55.2 Å². The van der Waals surface area contributed by atoms with Crippen LogP contribution in [0.3, 0.4) is 0 Å². The fraction of sp³-hybridized carbons (Fsp3) is 0.750. The van der Waals surface area contributed by atoms with Crippen molar-refractivity contribution in [3.05, 3.63) is 0 Å². The molecule has 2 bridgehead atoms. The average Bonchev–Trinajstić information content (AvgIpc) is 2.74. The number of esters is 3. The SMILES string of the molecule is CC(=O)O[C@@H]1[C@@H](OC(C)=O)[C@H]2CO[C@@H](O2)[C@@H]1OC(C)=O. The molecular formula is C12H16O8. The normalized spacial score (nSPS) is 35.2. The van der Waals surface area contributed by atoms with Gasteiger partial charge in [-0.2, -0.15) is 0 Å². The predicted molar refractivity (Wildman–Crippen MR) is 61.3 cm³/mol. The Morgan fingerprint density at radius 1 is 0.850 bits per heavy atom. The van der Waals surface area contributed by atoms with Crippen LogP contribution in [0.25, 0.3) is 0 Å². The highest BCUT2D eigenvalue weighted by Crippen LogP contribution is 2.33. The van der Waals surface area contributed by atoms with Gasteiger partial charge in [-0.15, -0.1) is 0 Å². The van der Waals surface area contributed by atoms with Gasteiger partial charge in [0.25, 0.3) is 0 Å².